The van der Waals surface area contributed by atoms with E-state index in [1.54, 1.807) is 51.1 Å². The van der Waals surface area contributed by atoms with Crippen molar-refractivity contribution in [2.45, 2.75) is 71.1 Å². The largest absolute Gasteiger partial charge is 0.478 e. The standard InChI is InChI=1S/C34H38N4O9/c1-20(39)38(44)30(35)21-5-13-26(14-6-21)45-28-17-23(18-29(19-28)46-27-15-7-22(8-16-27)32(41)42)31(40)36-24-9-11-25(12-10-24)37-33(43)47-34(2,3)4/h5-8,13-19,24-25,35,44H,9-12H2,1-4H3,(H,36,40)(H,37,43)(H,41,42). The molecule has 13 nitrogen and oxygen atoms in total. The van der Waals surface area contributed by atoms with Crippen molar-refractivity contribution < 1.29 is 43.7 Å². The summed E-state index contributed by atoms with van der Waals surface area (Å²) in [6, 6.07) is 16.4. The van der Waals surface area contributed by atoms with Crippen molar-refractivity contribution in [3.05, 3.63) is 83.4 Å². The lowest BCUT2D eigenvalue weighted by molar-refractivity contribution is -0.146. The van der Waals surface area contributed by atoms with E-state index in [9.17, 15) is 29.5 Å². The quantitative estimate of drug-likeness (QED) is 0.0792. The molecule has 3 aromatic carbocycles. The number of hydroxylamine groups is 2. The zero-order valence-corrected chi connectivity index (χ0v) is 26.5. The number of nitrogens with zero attached hydrogens (tertiary/aromatic N) is 1. The van der Waals surface area contributed by atoms with Gasteiger partial charge in [-0.05, 0) is 107 Å². The first-order valence-electron chi connectivity index (χ1n) is 15.0. The fraction of sp³-hybridized carbons (Fsp3) is 0.324. The monoisotopic (exact) mass is 646 g/mol. The minimum Gasteiger partial charge on any atom is -0.478 e. The molecule has 248 valence electrons. The summed E-state index contributed by atoms with van der Waals surface area (Å²) >= 11 is 0. The lowest BCUT2D eigenvalue weighted by atomic mass is 9.91. The second kappa shape index (κ2) is 14.8. The minimum atomic E-state index is -1.07. The normalized spacial score (nSPS) is 15.9. The van der Waals surface area contributed by atoms with Crippen LogP contribution in [0.5, 0.6) is 23.0 Å². The number of rotatable bonds is 9. The van der Waals surface area contributed by atoms with Crippen molar-refractivity contribution >= 4 is 29.7 Å². The van der Waals surface area contributed by atoms with Gasteiger partial charge in [-0.15, -0.1) is 0 Å². The Morgan fingerprint density at radius 2 is 1.21 bits per heavy atom. The zero-order valence-electron chi connectivity index (χ0n) is 26.5. The third kappa shape index (κ3) is 10.0. The summed E-state index contributed by atoms with van der Waals surface area (Å²) in [5, 5.41) is 33.1. The van der Waals surface area contributed by atoms with Crippen LogP contribution in [-0.4, -0.2) is 62.8 Å². The molecule has 3 amide bonds. The van der Waals surface area contributed by atoms with Crippen LogP contribution in [0.1, 0.15) is 79.7 Å². The number of carboxylic acids is 1. The highest BCUT2D eigenvalue weighted by atomic mass is 16.6. The predicted octanol–water partition coefficient (Wildman–Crippen LogP) is 6.10. The molecule has 1 aliphatic rings. The SMILES string of the molecule is CC(=O)N(O)C(=N)c1ccc(Oc2cc(Oc3ccc(C(=O)O)cc3)cc(C(=O)NC3CCC(NC(=O)OC(C)(C)C)CC3)c2)cc1. The first kappa shape index (κ1) is 34.4. The van der Waals surface area contributed by atoms with Crippen molar-refractivity contribution in [3.63, 3.8) is 0 Å². The highest BCUT2D eigenvalue weighted by molar-refractivity contribution is 6.04. The number of carbonyl (C=O) groups is 4. The van der Waals surface area contributed by atoms with Crippen LogP contribution >= 0.6 is 0 Å². The molecule has 0 bridgehead atoms. The maximum absolute atomic E-state index is 13.4. The third-order valence-corrected chi connectivity index (χ3v) is 7.14. The number of amidine groups is 1. The lowest BCUT2D eigenvalue weighted by Gasteiger charge is -2.30. The summed E-state index contributed by atoms with van der Waals surface area (Å²) in [7, 11) is 0. The van der Waals surface area contributed by atoms with Gasteiger partial charge in [-0.2, -0.15) is 5.06 Å². The summed E-state index contributed by atoms with van der Waals surface area (Å²) in [5.41, 5.74) is 0.0242. The van der Waals surface area contributed by atoms with Gasteiger partial charge in [0.2, 0.25) is 5.91 Å². The highest BCUT2D eigenvalue weighted by Gasteiger charge is 2.26. The molecule has 5 N–H and O–H groups in total. The molecular formula is C34H38N4O9. The van der Waals surface area contributed by atoms with Gasteiger partial charge in [0.15, 0.2) is 5.84 Å². The molecule has 1 aliphatic carbocycles. The van der Waals surface area contributed by atoms with Crippen LogP contribution in [0.3, 0.4) is 0 Å². The molecule has 13 heteroatoms. The molecule has 0 radical (unpaired) electrons. The Morgan fingerprint density at radius 1 is 0.745 bits per heavy atom. The molecule has 0 atom stereocenters. The third-order valence-electron chi connectivity index (χ3n) is 7.14. The molecule has 1 fully saturated rings. The van der Waals surface area contributed by atoms with Crippen molar-refractivity contribution in [3.8, 4) is 23.0 Å². The molecular weight excluding hydrogens is 608 g/mol. The van der Waals surface area contributed by atoms with Crippen LogP contribution in [0.15, 0.2) is 66.7 Å². The Labute approximate surface area is 271 Å². The number of nitrogens with one attached hydrogen (secondary N) is 3. The Balaban J connectivity index is 1.49. The van der Waals surface area contributed by atoms with E-state index in [1.165, 1.54) is 36.4 Å². The maximum atomic E-state index is 13.4. The number of alkyl carbamates (subject to hydrolysis) is 1. The van der Waals surface area contributed by atoms with Crippen molar-refractivity contribution in [1.82, 2.24) is 15.7 Å². The van der Waals surface area contributed by atoms with Gasteiger partial charge < -0.3 is 30.0 Å². The van der Waals surface area contributed by atoms with Gasteiger partial charge in [0.05, 0.1) is 5.56 Å². The van der Waals surface area contributed by atoms with E-state index >= 15 is 0 Å². The van der Waals surface area contributed by atoms with Crippen molar-refractivity contribution in [2.75, 3.05) is 0 Å². The van der Waals surface area contributed by atoms with E-state index in [0.29, 0.717) is 37.2 Å². The van der Waals surface area contributed by atoms with Gasteiger partial charge in [0.1, 0.15) is 28.6 Å². The van der Waals surface area contributed by atoms with E-state index in [0.717, 1.165) is 6.92 Å². The molecule has 0 unspecified atom stereocenters. The Kier molecular flexibility index (Phi) is 10.8. The summed E-state index contributed by atoms with van der Waals surface area (Å²) in [6.45, 7) is 6.53. The van der Waals surface area contributed by atoms with Crippen LogP contribution < -0.4 is 20.1 Å². The molecule has 0 aliphatic heterocycles. The van der Waals surface area contributed by atoms with E-state index in [2.05, 4.69) is 10.6 Å². The van der Waals surface area contributed by atoms with Crippen LogP contribution in [0, 0.1) is 5.41 Å². The van der Waals surface area contributed by atoms with Gasteiger partial charge in [0.25, 0.3) is 5.91 Å². The van der Waals surface area contributed by atoms with Gasteiger partial charge in [0, 0.05) is 36.2 Å². The minimum absolute atomic E-state index is 0.0553. The van der Waals surface area contributed by atoms with E-state index in [-0.39, 0.29) is 51.2 Å². The maximum Gasteiger partial charge on any atom is 0.407 e. The van der Waals surface area contributed by atoms with E-state index < -0.39 is 29.4 Å². The molecule has 3 aromatic rings. The molecule has 47 heavy (non-hydrogen) atoms. The molecule has 0 heterocycles. The predicted molar refractivity (Wildman–Crippen MR) is 170 cm³/mol. The smallest absolute Gasteiger partial charge is 0.407 e. The number of amides is 3. The Hall–Kier alpha value is -5.43. The number of ether oxygens (including phenoxy) is 3. The molecule has 0 aromatic heterocycles. The number of hydrogen-bond acceptors (Lipinski definition) is 9. The number of aromatic carboxylic acids is 1. The first-order chi connectivity index (χ1) is 22.2. The van der Waals surface area contributed by atoms with Gasteiger partial charge in [-0.25, -0.2) is 9.59 Å². The van der Waals surface area contributed by atoms with Gasteiger partial charge in [-0.1, -0.05) is 0 Å². The Morgan fingerprint density at radius 3 is 1.66 bits per heavy atom. The number of hydrogen-bond donors (Lipinski definition) is 5. The average Bonchev–Trinajstić information content (AvgIpc) is 3.01. The highest BCUT2D eigenvalue weighted by Crippen LogP contribution is 2.31. The Bertz CT molecular complexity index is 1620. The molecule has 1 saturated carbocycles. The lowest BCUT2D eigenvalue weighted by Crippen LogP contribution is -2.45. The summed E-state index contributed by atoms with van der Waals surface area (Å²) in [6.07, 6.45) is 2.17. The van der Waals surface area contributed by atoms with Crippen LogP contribution in [-0.2, 0) is 9.53 Å². The number of carbonyl (C=O) groups excluding carboxylic acids is 3. The van der Waals surface area contributed by atoms with Crippen molar-refractivity contribution in [1.29, 1.82) is 5.41 Å². The summed E-state index contributed by atoms with van der Waals surface area (Å²) in [5.74, 6) is -1.33. The van der Waals surface area contributed by atoms with Crippen molar-refractivity contribution in [2.24, 2.45) is 0 Å². The van der Waals surface area contributed by atoms with Crippen LogP contribution in [0.25, 0.3) is 0 Å². The number of benzene rings is 3. The summed E-state index contributed by atoms with van der Waals surface area (Å²) < 4.78 is 17.3. The fourth-order valence-corrected chi connectivity index (χ4v) is 4.84. The first-order valence-corrected chi connectivity index (χ1v) is 15.0. The topological polar surface area (TPSA) is 188 Å². The molecule has 4 rings (SSSR count). The van der Waals surface area contributed by atoms with Gasteiger partial charge >= 0.3 is 12.1 Å². The molecule has 0 saturated heterocycles. The van der Waals surface area contributed by atoms with Crippen LogP contribution in [0.4, 0.5) is 4.79 Å². The number of carboxylic acid groups (broad SMARTS) is 1. The summed E-state index contributed by atoms with van der Waals surface area (Å²) in [4.78, 5) is 48.2. The van der Waals surface area contributed by atoms with Gasteiger partial charge in [-0.3, -0.25) is 20.2 Å². The second-order valence-corrected chi connectivity index (χ2v) is 12.1. The van der Waals surface area contributed by atoms with Crippen LogP contribution in [0.2, 0.25) is 0 Å². The van der Waals surface area contributed by atoms with E-state index in [4.69, 9.17) is 19.6 Å². The fourth-order valence-electron chi connectivity index (χ4n) is 4.84. The average molecular weight is 647 g/mol. The second-order valence-electron chi connectivity index (χ2n) is 12.1. The molecule has 0 spiro atoms. The zero-order chi connectivity index (χ0) is 34.3. The van der Waals surface area contributed by atoms with E-state index in [1.807, 2.05) is 0 Å².